The number of hydrazine groups is 1. The molecule has 1 saturated heterocycles. The van der Waals surface area contributed by atoms with E-state index in [0.717, 1.165) is 14.8 Å². The van der Waals surface area contributed by atoms with E-state index in [4.69, 9.17) is 0 Å². The molecule has 0 N–H and O–H groups in total. The molecular formula is C8H14N6O5. The maximum Gasteiger partial charge on any atom is 0.222 e. The minimum atomic E-state index is -0.699. The van der Waals surface area contributed by atoms with Crippen molar-refractivity contribution < 1.29 is 14.6 Å². The van der Waals surface area contributed by atoms with Gasteiger partial charge in [0.1, 0.15) is 13.3 Å². The molecule has 106 valence electrons. The normalized spacial score (nSPS) is 16.7. The van der Waals surface area contributed by atoms with Crippen LogP contribution in [0.3, 0.4) is 0 Å². The molecule has 1 aliphatic rings. The molecule has 0 spiro atoms. The van der Waals surface area contributed by atoms with Gasteiger partial charge in [0.15, 0.2) is 18.4 Å². The van der Waals surface area contributed by atoms with Crippen molar-refractivity contribution in [1.29, 1.82) is 0 Å². The van der Waals surface area contributed by atoms with Gasteiger partial charge in [-0.3, -0.25) is 9.59 Å². The van der Waals surface area contributed by atoms with E-state index < -0.39 is 16.8 Å². The number of hydrogen-bond donors (Lipinski definition) is 0. The first-order valence-electron chi connectivity index (χ1n) is 5.33. The van der Waals surface area contributed by atoms with E-state index in [9.17, 15) is 24.6 Å². The quantitative estimate of drug-likeness (QED) is 0.360. The number of rotatable bonds is 2. The van der Waals surface area contributed by atoms with Crippen LogP contribution in [0.2, 0.25) is 0 Å². The number of nitrogens with zero attached hydrogens (tertiary/aromatic N) is 6. The summed E-state index contributed by atoms with van der Waals surface area (Å²) in [5.41, 5.74) is 0. The summed E-state index contributed by atoms with van der Waals surface area (Å²) >= 11 is 0. The molecule has 0 aromatic rings. The Morgan fingerprint density at radius 3 is 1.74 bits per heavy atom. The lowest BCUT2D eigenvalue weighted by atomic mass is 10.5. The van der Waals surface area contributed by atoms with Crippen molar-refractivity contribution in [2.24, 2.45) is 5.29 Å². The van der Waals surface area contributed by atoms with Gasteiger partial charge in [0.25, 0.3) is 0 Å². The third kappa shape index (κ3) is 3.76. The fourth-order valence-corrected chi connectivity index (χ4v) is 1.52. The predicted molar refractivity (Wildman–Crippen MR) is 61.0 cm³/mol. The molecule has 0 unspecified atom stereocenters. The Kier molecular flexibility index (Phi) is 4.56. The zero-order valence-corrected chi connectivity index (χ0v) is 10.6. The standard InChI is InChI=1S/C8H14N6O5/c1-7(15)10-3-12(9-17)4-11(8(2)16)6-13(5-10)14(18)19/h3-6H2,1-2H3. The number of nitroso groups, excluding NO2 is 1. The van der Waals surface area contributed by atoms with Crippen LogP contribution in [0.4, 0.5) is 0 Å². The second kappa shape index (κ2) is 5.93. The van der Waals surface area contributed by atoms with Gasteiger partial charge in [-0.2, -0.15) is 0 Å². The Morgan fingerprint density at radius 1 is 1.05 bits per heavy atom. The van der Waals surface area contributed by atoms with Crippen LogP contribution < -0.4 is 0 Å². The zero-order valence-electron chi connectivity index (χ0n) is 10.6. The molecule has 0 atom stereocenters. The van der Waals surface area contributed by atoms with Crippen LogP contribution >= 0.6 is 0 Å². The summed E-state index contributed by atoms with van der Waals surface area (Å²) in [6.07, 6.45) is 0. The Balaban J connectivity index is 2.95. The Morgan fingerprint density at radius 2 is 1.47 bits per heavy atom. The van der Waals surface area contributed by atoms with E-state index in [1.807, 2.05) is 0 Å². The van der Waals surface area contributed by atoms with E-state index in [1.54, 1.807) is 0 Å². The highest BCUT2D eigenvalue weighted by Crippen LogP contribution is 2.07. The average molecular weight is 274 g/mol. The topological polar surface area (TPSA) is 120 Å². The van der Waals surface area contributed by atoms with Crippen molar-refractivity contribution in [2.75, 3.05) is 26.7 Å². The van der Waals surface area contributed by atoms with Crippen molar-refractivity contribution in [3.8, 4) is 0 Å². The molecule has 1 rings (SSSR count). The van der Waals surface area contributed by atoms with Gasteiger partial charge in [-0.1, -0.05) is 5.01 Å². The van der Waals surface area contributed by atoms with Crippen molar-refractivity contribution in [1.82, 2.24) is 19.8 Å². The fourth-order valence-electron chi connectivity index (χ4n) is 1.52. The van der Waals surface area contributed by atoms with E-state index in [1.165, 1.54) is 13.8 Å². The lowest BCUT2D eigenvalue weighted by Crippen LogP contribution is -2.56. The predicted octanol–water partition coefficient (Wildman–Crippen LogP) is -0.996. The summed E-state index contributed by atoms with van der Waals surface area (Å²) in [6, 6.07) is 0. The first-order valence-corrected chi connectivity index (χ1v) is 5.33. The van der Waals surface area contributed by atoms with Crippen molar-refractivity contribution >= 4 is 11.8 Å². The fraction of sp³-hybridized carbons (Fsp3) is 0.750. The van der Waals surface area contributed by atoms with Crippen LogP contribution in [-0.2, 0) is 9.59 Å². The highest BCUT2D eigenvalue weighted by molar-refractivity contribution is 5.74. The minimum absolute atomic E-state index is 0.215. The number of amides is 2. The van der Waals surface area contributed by atoms with E-state index in [-0.39, 0.29) is 26.7 Å². The zero-order chi connectivity index (χ0) is 14.6. The number of carbonyl (C=O) groups is 2. The third-order valence-electron chi connectivity index (χ3n) is 2.57. The molecule has 0 radical (unpaired) electrons. The molecule has 1 fully saturated rings. The van der Waals surface area contributed by atoms with Gasteiger partial charge >= 0.3 is 0 Å². The molecule has 0 aromatic carbocycles. The van der Waals surface area contributed by atoms with Crippen molar-refractivity contribution in [3.05, 3.63) is 15.0 Å². The third-order valence-corrected chi connectivity index (χ3v) is 2.57. The van der Waals surface area contributed by atoms with E-state index >= 15 is 0 Å². The van der Waals surface area contributed by atoms with Crippen molar-refractivity contribution in [2.45, 2.75) is 13.8 Å². The second-order valence-corrected chi connectivity index (χ2v) is 4.02. The van der Waals surface area contributed by atoms with Crippen LogP contribution in [0.1, 0.15) is 13.8 Å². The van der Waals surface area contributed by atoms with Gasteiger partial charge in [0.05, 0.1) is 5.29 Å². The number of hydrogen-bond acceptors (Lipinski definition) is 6. The summed E-state index contributed by atoms with van der Waals surface area (Å²) in [7, 11) is 0. The van der Waals surface area contributed by atoms with Gasteiger partial charge in [-0.15, -0.1) is 4.91 Å². The molecule has 0 bridgehead atoms. The monoisotopic (exact) mass is 274 g/mol. The van der Waals surface area contributed by atoms with Crippen LogP contribution in [0.15, 0.2) is 5.29 Å². The summed E-state index contributed by atoms with van der Waals surface area (Å²) in [5.74, 6) is -0.867. The van der Waals surface area contributed by atoms with E-state index in [0.29, 0.717) is 5.01 Å². The molecule has 11 nitrogen and oxygen atoms in total. The molecule has 0 aromatic heterocycles. The van der Waals surface area contributed by atoms with Crippen LogP contribution in [0, 0.1) is 15.0 Å². The van der Waals surface area contributed by atoms with Crippen molar-refractivity contribution in [3.63, 3.8) is 0 Å². The van der Waals surface area contributed by atoms with Crippen LogP contribution in [0.5, 0.6) is 0 Å². The summed E-state index contributed by atoms with van der Waals surface area (Å²) in [6.45, 7) is 1.35. The van der Waals surface area contributed by atoms with Crippen LogP contribution in [-0.4, -0.2) is 63.3 Å². The van der Waals surface area contributed by atoms with Gasteiger partial charge in [-0.25, -0.2) is 15.1 Å². The summed E-state index contributed by atoms with van der Waals surface area (Å²) in [4.78, 5) is 46.3. The second-order valence-electron chi connectivity index (χ2n) is 4.02. The Hall–Kier alpha value is -2.46. The number of carbonyl (C=O) groups excluding carboxylic acids is 2. The minimum Gasteiger partial charge on any atom is -0.300 e. The lowest BCUT2D eigenvalue weighted by Gasteiger charge is -2.35. The highest BCUT2D eigenvalue weighted by atomic mass is 16.7. The summed E-state index contributed by atoms with van der Waals surface area (Å²) < 4.78 is 0. The molecule has 19 heavy (non-hydrogen) atoms. The molecule has 1 aliphatic heterocycles. The van der Waals surface area contributed by atoms with Gasteiger partial charge in [0.2, 0.25) is 11.8 Å². The lowest BCUT2D eigenvalue weighted by molar-refractivity contribution is -0.663. The van der Waals surface area contributed by atoms with Gasteiger partial charge < -0.3 is 9.80 Å². The molecule has 11 heteroatoms. The summed E-state index contributed by atoms with van der Waals surface area (Å²) in [5, 5.41) is 14.5. The molecule has 2 amide bonds. The largest absolute Gasteiger partial charge is 0.300 e. The maximum atomic E-state index is 11.3. The van der Waals surface area contributed by atoms with Gasteiger partial charge in [-0.05, 0) is 0 Å². The molecule has 0 aliphatic carbocycles. The highest BCUT2D eigenvalue weighted by Gasteiger charge is 2.30. The molecular weight excluding hydrogens is 260 g/mol. The Labute approximate surface area is 108 Å². The SMILES string of the molecule is CC(=O)N1CN(N=O)CN(C(C)=O)CN([N+](=O)[O-])C1. The first-order chi connectivity index (χ1) is 8.85. The smallest absolute Gasteiger partial charge is 0.222 e. The number of nitro groups is 1. The molecule has 1 heterocycles. The van der Waals surface area contributed by atoms with E-state index in [2.05, 4.69) is 5.29 Å². The first kappa shape index (κ1) is 14.6. The van der Waals surface area contributed by atoms with Gasteiger partial charge in [0, 0.05) is 13.8 Å². The molecule has 0 saturated carbocycles. The average Bonchev–Trinajstić information content (AvgIpc) is 2.27. The Bertz CT molecular complexity index is 375. The maximum absolute atomic E-state index is 11.3. The van der Waals surface area contributed by atoms with Crippen LogP contribution in [0.25, 0.3) is 0 Å².